The van der Waals surface area contributed by atoms with E-state index in [1.807, 2.05) is 0 Å². The highest BCUT2D eigenvalue weighted by atomic mass is 14.4. The zero-order valence-electron chi connectivity index (χ0n) is 44.4. The number of allylic oxidation sites excluding steroid dienone is 3. The Kier molecular flexibility index (Phi) is 10.2. The molecular formula is C81H50. The topological polar surface area (TPSA) is 0 Å². The van der Waals surface area contributed by atoms with Gasteiger partial charge < -0.3 is 0 Å². The predicted molar refractivity (Wildman–Crippen MR) is 341 cm³/mol. The van der Waals surface area contributed by atoms with Crippen molar-refractivity contribution >= 4 is 21.9 Å². The monoisotopic (exact) mass is 1020 g/mol. The van der Waals surface area contributed by atoms with Crippen LogP contribution in [0.25, 0.3) is 155 Å². The average molecular weight is 1020 g/mol. The standard InChI is InChI=1S/C81H50/c1-9-25-50(26-10-1)67-68(51-27-11-2-12-28-51)72(55-35-19-6-20-36-55)79-63-47-44-60-61-45-48-65-77-64(46-43-59(76(61)77)58-41-42-62(75(63)66(60)49-58)78(79)71(67)54-33-17-5-18-34-54)80-73(56-37-21-7-22-38-56)69(52-29-13-3-14-30-52)70(53-31-15-4-16-32-53)74(81(65)80)57-39-23-8-24-40-57/h1-48H,49H2. The van der Waals surface area contributed by atoms with Crippen molar-refractivity contribution < 1.29 is 0 Å². The Hall–Kier alpha value is -10.4. The molecule has 0 amide bonds. The normalized spacial score (nSPS) is 12.8. The van der Waals surface area contributed by atoms with E-state index in [1.54, 1.807) is 0 Å². The second-order valence-corrected chi connectivity index (χ2v) is 22.0. The van der Waals surface area contributed by atoms with Crippen LogP contribution in [0.2, 0.25) is 0 Å². The molecule has 4 aliphatic rings. The molecule has 374 valence electrons. The van der Waals surface area contributed by atoms with E-state index in [1.165, 1.54) is 178 Å². The first kappa shape index (κ1) is 45.6. The molecule has 13 aromatic rings. The molecule has 0 aromatic heterocycles. The van der Waals surface area contributed by atoms with Crippen molar-refractivity contribution in [3.05, 3.63) is 313 Å². The first-order chi connectivity index (χ1) is 40.3. The smallest absolute Gasteiger partial charge is 0.000705 e. The van der Waals surface area contributed by atoms with Gasteiger partial charge in [-0.1, -0.05) is 291 Å². The van der Waals surface area contributed by atoms with Gasteiger partial charge in [0.25, 0.3) is 0 Å². The average Bonchev–Trinajstić information content (AvgIpc) is 3.36. The third kappa shape index (κ3) is 6.72. The molecule has 0 atom stereocenters. The molecule has 0 nitrogen and oxygen atoms in total. The molecule has 0 spiro atoms. The number of hydrogen-bond acceptors (Lipinski definition) is 0. The van der Waals surface area contributed by atoms with E-state index in [4.69, 9.17) is 0 Å². The first-order valence-corrected chi connectivity index (χ1v) is 28.4. The summed E-state index contributed by atoms with van der Waals surface area (Å²) in [5.74, 6) is 0. The summed E-state index contributed by atoms with van der Waals surface area (Å²) in [5, 5.41) is 2.68. The fourth-order valence-electron chi connectivity index (χ4n) is 14.6. The van der Waals surface area contributed by atoms with E-state index in [0.717, 1.165) is 6.42 Å². The van der Waals surface area contributed by atoms with Crippen molar-refractivity contribution in [2.45, 2.75) is 6.42 Å². The molecule has 0 saturated carbocycles. The lowest BCUT2D eigenvalue weighted by molar-refractivity contribution is 1.30. The molecule has 0 saturated heterocycles. The van der Waals surface area contributed by atoms with Crippen LogP contribution in [0.15, 0.2) is 291 Å². The summed E-state index contributed by atoms with van der Waals surface area (Å²) in [7, 11) is 0. The Morgan fingerprint density at radius 2 is 0.432 bits per heavy atom. The predicted octanol–water partition coefficient (Wildman–Crippen LogP) is 21.9. The highest BCUT2D eigenvalue weighted by molar-refractivity contribution is 6.30. The molecule has 0 aliphatic heterocycles. The minimum atomic E-state index is 0.817. The highest BCUT2D eigenvalue weighted by Crippen LogP contribution is 2.65. The number of benzene rings is 13. The summed E-state index contributed by atoms with van der Waals surface area (Å²) in [6, 6.07) is 104. The summed E-state index contributed by atoms with van der Waals surface area (Å²) < 4.78 is 0. The molecule has 0 heteroatoms. The van der Waals surface area contributed by atoms with Crippen molar-refractivity contribution in [2.24, 2.45) is 0 Å². The Morgan fingerprint density at radius 3 is 0.790 bits per heavy atom. The fraction of sp³-hybridized carbons (Fsp3) is 0.0123. The van der Waals surface area contributed by atoms with Gasteiger partial charge in [0.15, 0.2) is 0 Å². The minimum absolute atomic E-state index is 0.817. The molecule has 0 unspecified atom stereocenters. The maximum Gasteiger partial charge on any atom is -0.000705 e. The second-order valence-electron chi connectivity index (χ2n) is 22.0. The molecule has 4 aliphatic carbocycles. The lowest BCUT2D eigenvalue weighted by atomic mass is 9.76. The van der Waals surface area contributed by atoms with Gasteiger partial charge in [0.1, 0.15) is 0 Å². The van der Waals surface area contributed by atoms with E-state index in [2.05, 4.69) is 291 Å². The molecule has 2 bridgehead atoms. The van der Waals surface area contributed by atoms with E-state index in [9.17, 15) is 0 Å². The Balaban J connectivity index is 0.997. The Bertz CT molecular complexity index is 4670. The zero-order chi connectivity index (χ0) is 53.1. The number of fused-ring (bicyclic) bond motifs is 9. The van der Waals surface area contributed by atoms with Crippen LogP contribution < -0.4 is 0 Å². The van der Waals surface area contributed by atoms with Crippen molar-refractivity contribution in [2.75, 3.05) is 0 Å². The van der Waals surface area contributed by atoms with Gasteiger partial charge in [-0.05, 0) is 184 Å². The van der Waals surface area contributed by atoms with Crippen molar-refractivity contribution in [1.82, 2.24) is 0 Å². The van der Waals surface area contributed by atoms with Gasteiger partial charge in [-0.15, -0.1) is 0 Å². The molecule has 81 heavy (non-hydrogen) atoms. The summed E-state index contributed by atoms with van der Waals surface area (Å²) >= 11 is 0. The molecular weight excluding hydrogens is 973 g/mol. The highest BCUT2D eigenvalue weighted by Gasteiger charge is 2.41. The lowest BCUT2D eigenvalue weighted by Crippen LogP contribution is -2.00. The van der Waals surface area contributed by atoms with Crippen LogP contribution >= 0.6 is 0 Å². The van der Waals surface area contributed by atoms with Gasteiger partial charge in [-0.3, -0.25) is 0 Å². The third-order valence-corrected chi connectivity index (χ3v) is 17.8. The van der Waals surface area contributed by atoms with Crippen LogP contribution in [0.3, 0.4) is 0 Å². The molecule has 0 N–H and O–H groups in total. The minimum Gasteiger partial charge on any atom is -0.0622 e. The first-order valence-electron chi connectivity index (χ1n) is 28.4. The zero-order valence-corrected chi connectivity index (χ0v) is 44.4. The molecule has 13 aromatic carbocycles. The van der Waals surface area contributed by atoms with Crippen LogP contribution in [0, 0.1) is 0 Å². The van der Waals surface area contributed by atoms with Crippen molar-refractivity contribution in [1.29, 1.82) is 0 Å². The largest absolute Gasteiger partial charge is 0.0622 e. The van der Waals surface area contributed by atoms with Gasteiger partial charge in [0.05, 0.1) is 0 Å². The summed E-state index contributed by atoms with van der Waals surface area (Å²) in [6.07, 6.45) is 5.81. The number of hydrogen-bond donors (Lipinski definition) is 0. The Labute approximate surface area is 472 Å². The van der Waals surface area contributed by atoms with Crippen LogP contribution in [0.4, 0.5) is 0 Å². The van der Waals surface area contributed by atoms with Gasteiger partial charge in [0, 0.05) is 0 Å². The summed E-state index contributed by atoms with van der Waals surface area (Å²) in [4.78, 5) is 0. The maximum absolute atomic E-state index is 2.50. The van der Waals surface area contributed by atoms with E-state index < -0.39 is 0 Å². The van der Waals surface area contributed by atoms with Gasteiger partial charge >= 0.3 is 0 Å². The van der Waals surface area contributed by atoms with Crippen LogP contribution in [0.5, 0.6) is 0 Å². The van der Waals surface area contributed by atoms with Crippen LogP contribution in [-0.4, -0.2) is 0 Å². The van der Waals surface area contributed by atoms with E-state index >= 15 is 0 Å². The molecule has 17 rings (SSSR count). The Morgan fingerprint density at radius 1 is 0.173 bits per heavy atom. The fourth-order valence-corrected chi connectivity index (χ4v) is 14.6. The number of rotatable bonds is 8. The quantitative estimate of drug-likeness (QED) is 0.142. The van der Waals surface area contributed by atoms with Gasteiger partial charge in [0.2, 0.25) is 0 Å². The van der Waals surface area contributed by atoms with Crippen LogP contribution in [0.1, 0.15) is 22.3 Å². The second kappa shape index (κ2) is 18.1. The SMILES string of the molecule is C1=C2c3c(ccc4c3CC(=C1)c1ccc3c5c(ccc-4c15)-c1c(-c4ccccc4)c(-c4ccccc4)c(-c4ccccc4)c(-c4ccccc4)c1-3)-c1c2c(-c2ccccc2)c(-c2ccccc2)c(-c2ccccc2)c1-c1ccccc1. The van der Waals surface area contributed by atoms with Gasteiger partial charge in [-0.2, -0.15) is 0 Å². The molecule has 0 heterocycles. The lowest BCUT2D eigenvalue weighted by Gasteiger charge is -2.26. The van der Waals surface area contributed by atoms with Crippen molar-refractivity contribution in [3.8, 4) is 134 Å². The third-order valence-electron chi connectivity index (χ3n) is 17.8. The van der Waals surface area contributed by atoms with Crippen LogP contribution in [-0.2, 0) is 6.42 Å². The van der Waals surface area contributed by atoms with E-state index in [0.29, 0.717) is 0 Å². The van der Waals surface area contributed by atoms with Crippen molar-refractivity contribution in [3.63, 3.8) is 0 Å². The summed E-state index contributed by atoms with van der Waals surface area (Å²) in [5.41, 5.74) is 38.2. The summed E-state index contributed by atoms with van der Waals surface area (Å²) in [6.45, 7) is 0. The van der Waals surface area contributed by atoms with Gasteiger partial charge in [-0.25, -0.2) is 0 Å². The van der Waals surface area contributed by atoms with E-state index in [-0.39, 0.29) is 0 Å². The molecule has 0 radical (unpaired) electrons. The molecule has 0 fully saturated rings. The maximum atomic E-state index is 2.50.